The quantitative estimate of drug-likeness (QED) is 0.318. The molecule has 0 aromatic heterocycles. The average Bonchev–Trinajstić information content (AvgIpc) is 2.96. The Morgan fingerprint density at radius 1 is 1.05 bits per heavy atom. The summed E-state index contributed by atoms with van der Waals surface area (Å²) in [6.07, 6.45) is 7.26. The van der Waals surface area contributed by atoms with E-state index in [-0.39, 0.29) is 43.8 Å². The van der Waals surface area contributed by atoms with Crippen molar-refractivity contribution in [1.82, 2.24) is 10.2 Å². The number of para-hydroxylation sites is 2. The minimum Gasteiger partial charge on any atom is -0.497 e. The first-order valence-corrected chi connectivity index (χ1v) is 16.4. The van der Waals surface area contributed by atoms with Gasteiger partial charge in [-0.05, 0) is 62.4 Å². The van der Waals surface area contributed by atoms with Crippen molar-refractivity contribution in [2.45, 2.75) is 83.8 Å². The summed E-state index contributed by atoms with van der Waals surface area (Å²) in [6.45, 7) is 4.49. The number of hydrogen-bond donors (Lipinski definition) is 1. The van der Waals surface area contributed by atoms with Gasteiger partial charge in [-0.1, -0.05) is 50.5 Å². The van der Waals surface area contributed by atoms with Gasteiger partial charge in [0, 0.05) is 25.6 Å². The van der Waals surface area contributed by atoms with Gasteiger partial charge in [0.15, 0.2) is 0 Å². The summed E-state index contributed by atoms with van der Waals surface area (Å²) in [5.74, 6) is 0.798. The molecule has 1 atom stereocenters. The zero-order chi connectivity index (χ0) is 29.8. The number of nitrogens with one attached hydrogen (secondary N) is 1. The SMILES string of the molecule is CCOc1ccccc1N(CCCC(=O)N(Cc1cccc(OC)c1)[C@H](CC)C(=O)NC1CCCCC1)S(C)(=O)=O. The molecule has 10 heteroatoms. The highest BCUT2D eigenvalue weighted by molar-refractivity contribution is 7.92. The second-order valence-electron chi connectivity index (χ2n) is 10.5. The summed E-state index contributed by atoms with van der Waals surface area (Å²) in [6, 6.07) is 13.9. The molecule has 0 radical (unpaired) electrons. The Bertz CT molecular complexity index is 1250. The van der Waals surface area contributed by atoms with Crippen molar-refractivity contribution in [3.8, 4) is 11.5 Å². The molecule has 9 nitrogen and oxygen atoms in total. The molecule has 2 aromatic carbocycles. The maximum atomic E-state index is 13.8. The van der Waals surface area contributed by atoms with Gasteiger partial charge in [-0.2, -0.15) is 0 Å². The number of benzene rings is 2. The fraction of sp³-hybridized carbons (Fsp3) is 0.548. The predicted octanol–water partition coefficient (Wildman–Crippen LogP) is 4.90. The molecule has 1 fully saturated rings. The van der Waals surface area contributed by atoms with Gasteiger partial charge in [0.1, 0.15) is 17.5 Å². The van der Waals surface area contributed by atoms with E-state index in [1.807, 2.05) is 38.1 Å². The van der Waals surface area contributed by atoms with Gasteiger partial charge in [0.2, 0.25) is 21.8 Å². The standard InChI is InChI=1S/C31H45N3O6S/c1-5-27(31(36)32-25-15-8-7-9-16-25)33(23-24-14-12-17-26(22-24)39-3)30(35)20-13-21-34(41(4,37)38)28-18-10-11-19-29(28)40-6-2/h10-12,14,17-19,22,25,27H,5-9,13,15-16,20-21,23H2,1-4H3,(H,32,36)/t27-/m1/s1. The molecule has 2 aromatic rings. The molecular weight excluding hydrogens is 542 g/mol. The molecule has 0 aliphatic heterocycles. The van der Waals surface area contributed by atoms with Crippen molar-refractivity contribution < 1.29 is 27.5 Å². The summed E-state index contributed by atoms with van der Waals surface area (Å²) in [5.41, 5.74) is 1.29. The first-order valence-electron chi connectivity index (χ1n) is 14.6. The van der Waals surface area contributed by atoms with E-state index in [0.29, 0.717) is 30.2 Å². The number of sulfonamides is 1. The summed E-state index contributed by atoms with van der Waals surface area (Å²) in [7, 11) is -2.04. The lowest BCUT2D eigenvalue weighted by molar-refractivity contribution is -0.141. The number of anilines is 1. The Hall–Kier alpha value is -3.27. The predicted molar refractivity (Wildman–Crippen MR) is 162 cm³/mol. The van der Waals surface area contributed by atoms with Crippen molar-refractivity contribution in [2.75, 3.05) is 30.8 Å². The van der Waals surface area contributed by atoms with Crippen LogP contribution in [-0.2, 0) is 26.2 Å². The maximum absolute atomic E-state index is 13.8. The Morgan fingerprint density at radius 3 is 2.44 bits per heavy atom. The van der Waals surface area contributed by atoms with E-state index < -0.39 is 16.1 Å². The highest BCUT2D eigenvalue weighted by Crippen LogP contribution is 2.30. The van der Waals surface area contributed by atoms with E-state index in [4.69, 9.17) is 9.47 Å². The van der Waals surface area contributed by atoms with Crippen molar-refractivity contribution in [2.24, 2.45) is 0 Å². The topological polar surface area (TPSA) is 105 Å². The third-order valence-corrected chi connectivity index (χ3v) is 8.59. The monoisotopic (exact) mass is 587 g/mol. The lowest BCUT2D eigenvalue weighted by Gasteiger charge is -2.33. The average molecular weight is 588 g/mol. The van der Waals surface area contributed by atoms with E-state index in [9.17, 15) is 18.0 Å². The molecule has 0 heterocycles. The molecule has 2 amide bonds. The molecular formula is C31H45N3O6S. The molecule has 226 valence electrons. The smallest absolute Gasteiger partial charge is 0.243 e. The number of methoxy groups -OCH3 is 1. The number of rotatable bonds is 15. The number of amides is 2. The van der Waals surface area contributed by atoms with Gasteiger partial charge in [0.05, 0.1) is 25.7 Å². The Kier molecular flexibility index (Phi) is 12.3. The molecule has 0 bridgehead atoms. The second-order valence-corrected chi connectivity index (χ2v) is 12.4. The van der Waals surface area contributed by atoms with E-state index in [1.165, 1.54) is 10.7 Å². The molecule has 1 N–H and O–H groups in total. The molecule has 1 aliphatic carbocycles. The highest BCUT2D eigenvalue weighted by Gasteiger charge is 2.30. The van der Waals surface area contributed by atoms with Crippen LogP contribution in [0.1, 0.15) is 70.8 Å². The van der Waals surface area contributed by atoms with Crippen molar-refractivity contribution in [3.05, 3.63) is 54.1 Å². The van der Waals surface area contributed by atoms with Gasteiger partial charge in [0.25, 0.3) is 0 Å². The van der Waals surface area contributed by atoms with Crippen LogP contribution in [0, 0.1) is 0 Å². The third-order valence-electron chi connectivity index (χ3n) is 7.41. The van der Waals surface area contributed by atoms with Crippen molar-refractivity contribution >= 4 is 27.5 Å². The van der Waals surface area contributed by atoms with E-state index in [1.54, 1.807) is 36.3 Å². The van der Waals surface area contributed by atoms with Gasteiger partial charge in [-0.15, -0.1) is 0 Å². The highest BCUT2D eigenvalue weighted by atomic mass is 32.2. The first-order chi connectivity index (χ1) is 19.7. The molecule has 1 saturated carbocycles. The Labute approximate surface area is 245 Å². The van der Waals surface area contributed by atoms with Crippen LogP contribution in [0.5, 0.6) is 11.5 Å². The maximum Gasteiger partial charge on any atom is 0.243 e. The van der Waals surface area contributed by atoms with E-state index in [0.717, 1.165) is 37.5 Å². The van der Waals surface area contributed by atoms with Gasteiger partial charge in [-0.3, -0.25) is 13.9 Å². The van der Waals surface area contributed by atoms with Crippen LogP contribution in [-0.4, -0.2) is 63.7 Å². The number of carbonyl (C=O) groups excluding carboxylic acids is 2. The first kappa shape index (κ1) is 32.2. The number of carbonyl (C=O) groups is 2. The minimum absolute atomic E-state index is 0.0833. The number of hydrogen-bond acceptors (Lipinski definition) is 6. The van der Waals surface area contributed by atoms with Crippen molar-refractivity contribution in [3.63, 3.8) is 0 Å². The van der Waals surface area contributed by atoms with Crippen LogP contribution in [0.15, 0.2) is 48.5 Å². The summed E-state index contributed by atoms with van der Waals surface area (Å²) in [5, 5.41) is 3.19. The molecule has 1 aliphatic rings. The fourth-order valence-electron chi connectivity index (χ4n) is 5.35. The minimum atomic E-state index is -3.63. The zero-order valence-electron chi connectivity index (χ0n) is 24.8. The van der Waals surface area contributed by atoms with Gasteiger partial charge < -0.3 is 19.7 Å². The number of ether oxygens (including phenoxy) is 2. The van der Waals surface area contributed by atoms with Crippen LogP contribution in [0.4, 0.5) is 5.69 Å². The third kappa shape index (κ3) is 9.38. The summed E-state index contributed by atoms with van der Waals surface area (Å²) < 4.78 is 37.8. The lowest BCUT2D eigenvalue weighted by atomic mass is 9.95. The summed E-state index contributed by atoms with van der Waals surface area (Å²) >= 11 is 0. The summed E-state index contributed by atoms with van der Waals surface area (Å²) in [4.78, 5) is 28.9. The lowest BCUT2D eigenvalue weighted by Crippen LogP contribution is -2.51. The van der Waals surface area contributed by atoms with Crippen LogP contribution in [0.2, 0.25) is 0 Å². The second kappa shape index (κ2) is 15.7. The van der Waals surface area contributed by atoms with E-state index in [2.05, 4.69) is 5.32 Å². The molecule has 0 unspecified atom stereocenters. The van der Waals surface area contributed by atoms with Crippen LogP contribution >= 0.6 is 0 Å². The van der Waals surface area contributed by atoms with E-state index >= 15 is 0 Å². The molecule has 0 spiro atoms. The Balaban J connectivity index is 1.79. The molecule has 0 saturated heterocycles. The van der Waals surface area contributed by atoms with Crippen LogP contribution in [0.3, 0.4) is 0 Å². The van der Waals surface area contributed by atoms with Crippen molar-refractivity contribution in [1.29, 1.82) is 0 Å². The Morgan fingerprint density at radius 2 is 1.78 bits per heavy atom. The zero-order valence-corrected chi connectivity index (χ0v) is 25.6. The largest absolute Gasteiger partial charge is 0.497 e. The molecule has 41 heavy (non-hydrogen) atoms. The van der Waals surface area contributed by atoms with Gasteiger partial charge in [-0.25, -0.2) is 8.42 Å². The normalized spacial score (nSPS) is 14.6. The fourth-order valence-corrected chi connectivity index (χ4v) is 6.32. The number of nitrogens with zero attached hydrogens (tertiary/aromatic N) is 2. The van der Waals surface area contributed by atoms with Crippen LogP contribution in [0.25, 0.3) is 0 Å². The van der Waals surface area contributed by atoms with Gasteiger partial charge >= 0.3 is 0 Å². The van der Waals surface area contributed by atoms with Crippen LogP contribution < -0.4 is 19.1 Å². The molecule has 3 rings (SSSR count).